The minimum Gasteiger partial charge on any atom is -0.395 e. The Balaban J connectivity index is 2.34. The molecule has 0 radical (unpaired) electrons. The summed E-state index contributed by atoms with van der Waals surface area (Å²) in [4.78, 5) is 2.12. The normalized spacial score (nSPS) is 28.3. The Hall–Kier alpha value is -0.160. The van der Waals surface area contributed by atoms with E-state index in [1.807, 2.05) is 0 Å². The summed E-state index contributed by atoms with van der Waals surface area (Å²) in [6.07, 6.45) is 3.50. The maximum Gasteiger partial charge on any atom is 0.0558 e. The van der Waals surface area contributed by atoms with E-state index in [1.165, 1.54) is 0 Å². The van der Waals surface area contributed by atoms with E-state index in [-0.39, 0.29) is 19.3 Å². The van der Waals surface area contributed by atoms with Crippen molar-refractivity contribution in [2.24, 2.45) is 0 Å². The molecule has 1 aliphatic rings. The van der Waals surface area contributed by atoms with Crippen LogP contribution in [0.2, 0.25) is 0 Å². The molecule has 0 spiro atoms. The molecule has 1 saturated carbocycles. The number of hydrogen-bond donors (Lipinski definition) is 3. The molecule has 0 aliphatic heterocycles. The van der Waals surface area contributed by atoms with Crippen molar-refractivity contribution in [3.05, 3.63) is 0 Å². The molecular weight excluding hydrogens is 182 g/mol. The number of rotatable bonds is 5. The third-order valence-electron chi connectivity index (χ3n) is 2.96. The largest absolute Gasteiger partial charge is 0.395 e. The van der Waals surface area contributed by atoms with Gasteiger partial charge in [0.1, 0.15) is 0 Å². The van der Waals surface area contributed by atoms with Gasteiger partial charge in [-0.1, -0.05) is 0 Å². The molecule has 14 heavy (non-hydrogen) atoms. The molecule has 84 valence electrons. The van der Waals surface area contributed by atoms with E-state index in [1.54, 1.807) is 0 Å². The van der Waals surface area contributed by atoms with Gasteiger partial charge in [-0.15, -0.1) is 0 Å². The van der Waals surface area contributed by atoms with Gasteiger partial charge in [-0.3, -0.25) is 4.90 Å². The van der Waals surface area contributed by atoms with E-state index < -0.39 is 0 Å². The minimum atomic E-state index is -0.142. The highest BCUT2D eigenvalue weighted by molar-refractivity contribution is 4.79. The second-order valence-corrected chi connectivity index (χ2v) is 3.95. The molecule has 4 heteroatoms. The van der Waals surface area contributed by atoms with Crippen LogP contribution in [0.3, 0.4) is 0 Å². The van der Waals surface area contributed by atoms with Gasteiger partial charge in [-0.25, -0.2) is 0 Å². The molecule has 3 N–H and O–H groups in total. The lowest BCUT2D eigenvalue weighted by molar-refractivity contribution is 0.0561. The summed E-state index contributed by atoms with van der Waals surface area (Å²) in [7, 11) is 0. The molecule has 0 bridgehead atoms. The number of nitrogens with zero attached hydrogens (tertiary/aromatic N) is 1. The van der Waals surface area contributed by atoms with Gasteiger partial charge in [0.15, 0.2) is 0 Å². The third kappa shape index (κ3) is 3.53. The number of aliphatic hydroxyl groups is 3. The van der Waals surface area contributed by atoms with Crippen molar-refractivity contribution in [2.75, 3.05) is 26.3 Å². The quantitative estimate of drug-likeness (QED) is 0.568. The van der Waals surface area contributed by atoms with Crippen LogP contribution in [0.4, 0.5) is 0 Å². The van der Waals surface area contributed by atoms with Crippen molar-refractivity contribution in [3.63, 3.8) is 0 Å². The van der Waals surface area contributed by atoms with Crippen molar-refractivity contribution in [1.82, 2.24) is 4.90 Å². The molecule has 4 nitrogen and oxygen atoms in total. The van der Waals surface area contributed by atoms with Gasteiger partial charge in [-0.2, -0.15) is 0 Å². The Kier molecular flexibility index (Phi) is 5.40. The van der Waals surface area contributed by atoms with E-state index in [4.69, 9.17) is 10.2 Å². The summed E-state index contributed by atoms with van der Waals surface area (Å²) in [6.45, 7) is 1.53. The second kappa shape index (κ2) is 6.35. The fraction of sp³-hybridized carbons (Fsp3) is 1.00. The third-order valence-corrected chi connectivity index (χ3v) is 2.96. The van der Waals surface area contributed by atoms with Crippen LogP contribution < -0.4 is 0 Å². The Labute approximate surface area is 85.2 Å². The lowest BCUT2D eigenvalue weighted by Crippen LogP contribution is -2.42. The van der Waals surface area contributed by atoms with Crippen molar-refractivity contribution in [3.8, 4) is 0 Å². The van der Waals surface area contributed by atoms with Crippen LogP contribution in [0.5, 0.6) is 0 Å². The monoisotopic (exact) mass is 203 g/mol. The van der Waals surface area contributed by atoms with Gasteiger partial charge >= 0.3 is 0 Å². The number of hydrogen-bond acceptors (Lipinski definition) is 4. The first-order chi connectivity index (χ1) is 6.77. The van der Waals surface area contributed by atoms with E-state index >= 15 is 0 Å². The average Bonchev–Trinajstić information content (AvgIpc) is 2.19. The molecule has 1 rings (SSSR count). The standard InChI is InChI=1S/C10H21NO3/c12-7-5-11(6-8-13)9-1-3-10(14)4-2-9/h9-10,12-14H,1-8H2. The minimum absolute atomic E-state index is 0.138. The zero-order valence-corrected chi connectivity index (χ0v) is 8.60. The lowest BCUT2D eigenvalue weighted by Gasteiger charge is -2.34. The van der Waals surface area contributed by atoms with E-state index in [2.05, 4.69) is 4.90 Å². The van der Waals surface area contributed by atoms with Gasteiger partial charge in [0.2, 0.25) is 0 Å². The molecule has 0 aromatic heterocycles. The summed E-state index contributed by atoms with van der Waals surface area (Å²) >= 11 is 0. The van der Waals surface area contributed by atoms with E-state index in [0.29, 0.717) is 19.1 Å². The zero-order valence-electron chi connectivity index (χ0n) is 8.60. The summed E-state index contributed by atoms with van der Waals surface area (Å²) < 4.78 is 0. The van der Waals surface area contributed by atoms with E-state index in [9.17, 15) is 5.11 Å². The average molecular weight is 203 g/mol. The summed E-state index contributed by atoms with van der Waals surface area (Å²) in [5.41, 5.74) is 0. The molecule has 0 aromatic rings. The molecule has 0 atom stereocenters. The highest BCUT2D eigenvalue weighted by atomic mass is 16.3. The highest BCUT2D eigenvalue weighted by Gasteiger charge is 2.23. The first-order valence-electron chi connectivity index (χ1n) is 5.41. The van der Waals surface area contributed by atoms with Crippen LogP contribution in [0.1, 0.15) is 25.7 Å². The molecular formula is C10H21NO3. The molecule has 0 heterocycles. The van der Waals surface area contributed by atoms with Crippen molar-refractivity contribution < 1.29 is 15.3 Å². The summed E-state index contributed by atoms with van der Waals surface area (Å²) in [5.74, 6) is 0. The topological polar surface area (TPSA) is 63.9 Å². The maximum absolute atomic E-state index is 9.35. The smallest absolute Gasteiger partial charge is 0.0558 e. The van der Waals surface area contributed by atoms with Crippen molar-refractivity contribution in [2.45, 2.75) is 37.8 Å². The van der Waals surface area contributed by atoms with Crippen LogP contribution in [0.15, 0.2) is 0 Å². The predicted octanol–water partition coefficient (Wildman–Crippen LogP) is -0.424. The summed E-state index contributed by atoms with van der Waals surface area (Å²) in [6, 6.07) is 0.428. The van der Waals surface area contributed by atoms with E-state index in [0.717, 1.165) is 25.7 Å². The first kappa shape index (κ1) is 11.9. The summed E-state index contributed by atoms with van der Waals surface area (Å²) in [5, 5.41) is 27.1. The van der Waals surface area contributed by atoms with Gasteiger partial charge in [0, 0.05) is 19.1 Å². The van der Waals surface area contributed by atoms with Gasteiger partial charge in [0.25, 0.3) is 0 Å². The zero-order chi connectivity index (χ0) is 10.4. The first-order valence-corrected chi connectivity index (χ1v) is 5.41. The van der Waals surface area contributed by atoms with Gasteiger partial charge in [-0.05, 0) is 25.7 Å². The van der Waals surface area contributed by atoms with Crippen LogP contribution in [0.25, 0.3) is 0 Å². The molecule has 0 saturated heterocycles. The number of aliphatic hydroxyl groups excluding tert-OH is 3. The Bertz CT molecular complexity index is 140. The van der Waals surface area contributed by atoms with Crippen LogP contribution >= 0.6 is 0 Å². The molecule has 1 aliphatic carbocycles. The Morgan fingerprint density at radius 3 is 1.86 bits per heavy atom. The fourth-order valence-electron chi connectivity index (χ4n) is 2.16. The fourth-order valence-corrected chi connectivity index (χ4v) is 2.16. The molecule has 0 amide bonds. The van der Waals surface area contributed by atoms with Crippen LogP contribution in [-0.2, 0) is 0 Å². The predicted molar refractivity (Wildman–Crippen MR) is 54.0 cm³/mol. The Morgan fingerprint density at radius 1 is 0.929 bits per heavy atom. The van der Waals surface area contributed by atoms with Gasteiger partial charge in [0.05, 0.1) is 19.3 Å². The second-order valence-electron chi connectivity index (χ2n) is 3.95. The van der Waals surface area contributed by atoms with Gasteiger partial charge < -0.3 is 15.3 Å². The Morgan fingerprint density at radius 2 is 1.43 bits per heavy atom. The van der Waals surface area contributed by atoms with Crippen molar-refractivity contribution >= 4 is 0 Å². The molecule has 0 aromatic carbocycles. The van der Waals surface area contributed by atoms with Crippen LogP contribution in [0, 0.1) is 0 Å². The van der Waals surface area contributed by atoms with Crippen molar-refractivity contribution in [1.29, 1.82) is 0 Å². The molecule has 0 unspecified atom stereocenters. The van der Waals surface area contributed by atoms with Crippen LogP contribution in [-0.4, -0.2) is 58.7 Å². The maximum atomic E-state index is 9.35. The highest BCUT2D eigenvalue weighted by Crippen LogP contribution is 2.22. The SMILES string of the molecule is OCCN(CCO)C1CCC(O)CC1. The lowest BCUT2D eigenvalue weighted by atomic mass is 9.92. The molecule has 1 fully saturated rings.